The van der Waals surface area contributed by atoms with E-state index in [0.29, 0.717) is 44.6 Å². The minimum atomic E-state index is 0.00899. The molecule has 0 radical (unpaired) electrons. The van der Waals surface area contributed by atoms with Gasteiger partial charge >= 0.3 is 0 Å². The zero-order chi connectivity index (χ0) is 19.8. The number of likely N-dealkylation sites (tertiary alicyclic amines) is 1. The molecular formula is C20H27BrN4O3. The molecule has 1 aromatic heterocycles. The molecule has 0 bridgehead atoms. The number of amides is 1. The molecule has 7 nitrogen and oxygen atoms in total. The van der Waals surface area contributed by atoms with Gasteiger partial charge in [0.05, 0.1) is 12.5 Å². The SMILES string of the molecule is CCOCCCNC(=O)C1CCCN(Cc2nc(-c3ccc(Br)cc3)no2)C1. The van der Waals surface area contributed by atoms with Crippen molar-refractivity contribution in [3.05, 3.63) is 34.6 Å². The van der Waals surface area contributed by atoms with Crippen molar-refractivity contribution in [3.63, 3.8) is 0 Å². The van der Waals surface area contributed by atoms with Crippen molar-refractivity contribution < 1.29 is 14.1 Å². The summed E-state index contributed by atoms with van der Waals surface area (Å²) in [6.07, 6.45) is 2.75. The number of benzene rings is 1. The van der Waals surface area contributed by atoms with E-state index in [1.54, 1.807) is 0 Å². The molecule has 1 N–H and O–H groups in total. The summed E-state index contributed by atoms with van der Waals surface area (Å²) in [4.78, 5) is 19.1. The van der Waals surface area contributed by atoms with Gasteiger partial charge in [-0.05, 0) is 57.0 Å². The summed E-state index contributed by atoms with van der Waals surface area (Å²) >= 11 is 3.42. The van der Waals surface area contributed by atoms with E-state index in [0.717, 1.165) is 35.8 Å². The summed E-state index contributed by atoms with van der Waals surface area (Å²) in [6.45, 7) is 6.25. The number of carbonyl (C=O) groups excluding carboxylic acids is 1. The first-order chi connectivity index (χ1) is 13.7. The predicted molar refractivity (Wildman–Crippen MR) is 110 cm³/mol. The van der Waals surface area contributed by atoms with Gasteiger partial charge in [0.2, 0.25) is 17.6 Å². The van der Waals surface area contributed by atoms with Gasteiger partial charge in [-0.15, -0.1) is 0 Å². The van der Waals surface area contributed by atoms with E-state index in [9.17, 15) is 4.79 Å². The van der Waals surface area contributed by atoms with Gasteiger partial charge in [-0.1, -0.05) is 21.1 Å². The fraction of sp³-hybridized carbons (Fsp3) is 0.550. The maximum absolute atomic E-state index is 12.4. The highest BCUT2D eigenvalue weighted by Crippen LogP contribution is 2.21. The van der Waals surface area contributed by atoms with Crippen molar-refractivity contribution in [3.8, 4) is 11.4 Å². The maximum Gasteiger partial charge on any atom is 0.241 e. The van der Waals surface area contributed by atoms with Crippen LogP contribution >= 0.6 is 15.9 Å². The molecular weight excluding hydrogens is 424 g/mol. The molecule has 0 aliphatic carbocycles. The van der Waals surface area contributed by atoms with E-state index in [1.165, 1.54) is 0 Å². The van der Waals surface area contributed by atoms with E-state index in [4.69, 9.17) is 9.26 Å². The Balaban J connectivity index is 1.48. The molecule has 0 spiro atoms. The topological polar surface area (TPSA) is 80.5 Å². The fourth-order valence-corrected chi connectivity index (χ4v) is 3.58. The van der Waals surface area contributed by atoms with Gasteiger partial charge in [0.15, 0.2) is 0 Å². The summed E-state index contributed by atoms with van der Waals surface area (Å²) in [5, 5.41) is 7.11. The molecule has 1 aliphatic rings. The molecule has 1 unspecified atom stereocenters. The van der Waals surface area contributed by atoms with Gasteiger partial charge in [0.25, 0.3) is 0 Å². The van der Waals surface area contributed by atoms with Gasteiger partial charge in [0.1, 0.15) is 0 Å². The van der Waals surface area contributed by atoms with Crippen LogP contribution in [0.3, 0.4) is 0 Å². The number of nitrogens with one attached hydrogen (secondary N) is 1. The molecule has 1 atom stereocenters. The molecule has 1 fully saturated rings. The summed E-state index contributed by atoms with van der Waals surface area (Å²) in [7, 11) is 0. The third-order valence-corrected chi connectivity index (χ3v) is 5.30. The van der Waals surface area contributed by atoms with Crippen LogP contribution < -0.4 is 5.32 Å². The molecule has 8 heteroatoms. The number of nitrogens with zero attached hydrogens (tertiary/aromatic N) is 3. The molecule has 2 heterocycles. The second-order valence-electron chi connectivity index (χ2n) is 6.93. The molecule has 1 saturated heterocycles. The van der Waals surface area contributed by atoms with E-state index >= 15 is 0 Å². The molecule has 0 saturated carbocycles. The second-order valence-corrected chi connectivity index (χ2v) is 7.85. The molecule has 28 heavy (non-hydrogen) atoms. The number of hydrogen-bond acceptors (Lipinski definition) is 6. The van der Waals surface area contributed by atoms with E-state index in [1.807, 2.05) is 31.2 Å². The van der Waals surface area contributed by atoms with E-state index in [2.05, 4.69) is 36.3 Å². The molecule has 2 aromatic rings. The van der Waals surface area contributed by atoms with Crippen molar-refractivity contribution in [1.82, 2.24) is 20.4 Å². The highest BCUT2D eigenvalue weighted by molar-refractivity contribution is 9.10. The van der Waals surface area contributed by atoms with Crippen LogP contribution in [0.2, 0.25) is 0 Å². The van der Waals surface area contributed by atoms with E-state index in [-0.39, 0.29) is 11.8 Å². The van der Waals surface area contributed by atoms with Crippen molar-refractivity contribution in [1.29, 1.82) is 0 Å². The highest BCUT2D eigenvalue weighted by Gasteiger charge is 2.26. The Kier molecular flexibility index (Phi) is 8.00. The van der Waals surface area contributed by atoms with Crippen molar-refractivity contribution in [2.75, 3.05) is 32.8 Å². The Morgan fingerprint density at radius 1 is 1.39 bits per heavy atom. The van der Waals surface area contributed by atoms with Gasteiger partial charge in [-0.3, -0.25) is 9.69 Å². The number of aromatic nitrogens is 2. The maximum atomic E-state index is 12.4. The van der Waals surface area contributed by atoms with Crippen LogP contribution in [0.1, 0.15) is 32.1 Å². The number of piperidine rings is 1. The smallest absolute Gasteiger partial charge is 0.241 e. The van der Waals surface area contributed by atoms with Gasteiger partial charge < -0.3 is 14.6 Å². The minimum Gasteiger partial charge on any atom is -0.382 e. The largest absolute Gasteiger partial charge is 0.382 e. The lowest BCUT2D eigenvalue weighted by atomic mass is 9.97. The lowest BCUT2D eigenvalue weighted by Gasteiger charge is -2.30. The quantitative estimate of drug-likeness (QED) is 0.590. The van der Waals surface area contributed by atoms with Crippen molar-refractivity contribution in [2.45, 2.75) is 32.7 Å². The number of rotatable bonds is 9. The highest BCUT2D eigenvalue weighted by atomic mass is 79.9. The Hall–Kier alpha value is -1.77. The van der Waals surface area contributed by atoms with Crippen LogP contribution in [0.5, 0.6) is 0 Å². The first-order valence-corrected chi connectivity index (χ1v) is 10.6. The standard InChI is InChI=1S/C20H27BrN4O3/c1-2-27-12-4-10-22-20(26)16-5-3-11-25(13-16)14-18-23-19(24-28-18)15-6-8-17(21)9-7-15/h6-9,16H,2-5,10-14H2,1H3,(H,22,26). The van der Waals surface area contributed by atoms with Crippen molar-refractivity contribution >= 4 is 21.8 Å². The molecule has 1 aliphatic heterocycles. The zero-order valence-electron chi connectivity index (χ0n) is 16.2. The zero-order valence-corrected chi connectivity index (χ0v) is 17.8. The third kappa shape index (κ3) is 6.12. The number of ether oxygens (including phenoxy) is 1. The van der Waals surface area contributed by atoms with Gasteiger partial charge in [-0.25, -0.2) is 0 Å². The Labute approximate surface area is 173 Å². The van der Waals surface area contributed by atoms with E-state index < -0.39 is 0 Å². The van der Waals surface area contributed by atoms with Crippen molar-refractivity contribution in [2.24, 2.45) is 5.92 Å². The van der Waals surface area contributed by atoms with Crippen LogP contribution in [0.25, 0.3) is 11.4 Å². The van der Waals surface area contributed by atoms with Crippen LogP contribution in [-0.4, -0.2) is 53.8 Å². The Morgan fingerprint density at radius 2 is 2.21 bits per heavy atom. The van der Waals surface area contributed by atoms with Crippen LogP contribution in [-0.2, 0) is 16.1 Å². The fourth-order valence-electron chi connectivity index (χ4n) is 3.31. The molecule has 3 rings (SSSR count). The lowest BCUT2D eigenvalue weighted by molar-refractivity contribution is -0.126. The molecule has 1 aromatic carbocycles. The monoisotopic (exact) mass is 450 g/mol. The number of halogens is 1. The first-order valence-electron chi connectivity index (χ1n) is 9.82. The normalized spacial score (nSPS) is 17.6. The average Bonchev–Trinajstić information content (AvgIpc) is 3.17. The van der Waals surface area contributed by atoms with Crippen LogP contribution in [0.15, 0.2) is 33.3 Å². The molecule has 1 amide bonds. The number of carbonyl (C=O) groups is 1. The third-order valence-electron chi connectivity index (χ3n) is 4.77. The number of hydrogen-bond donors (Lipinski definition) is 1. The first kappa shape index (κ1) is 21.0. The summed E-state index contributed by atoms with van der Waals surface area (Å²) in [5.74, 6) is 1.30. The van der Waals surface area contributed by atoms with Gasteiger partial charge in [0, 0.05) is 36.3 Å². The second kappa shape index (κ2) is 10.7. The van der Waals surface area contributed by atoms with Gasteiger partial charge in [-0.2, -0.15) is 4.98 Å². The molecule has 152 valence electrons. The summed E-state index contributed by atoms with van der Waals surface area (Å²) < 4.78 is 11.7. The summed E-state index contributed by atoms with van der Waals surface area (Å²) in [5.41, 5.74) is 0.918. The average molecular weight is 451 g/mol. The Bertz CT molecular complexity index is 750. The Morgan fingerprint density at radius 3 is 3.00 bits per heavy atom. The lowest BCUT2D eigenvalue weighted by Crippen LogP contribution is -2.43. The minimum absolute atomic E-state index is 0.00899. The summed E-state index contributed by atoms with van der Waals surface area (Å²) in [6, 6.07) is 7.80. The van der Waals surface area contributed by atoms with Crippen LogP contribution in [0.4, 0.5) is 0 Å². The predicted octanol–water partition coefficient (Wildman–Crippen LogP) is 3.25. The van der Waals surface area contributed by atoms with Crippen LogP contribution in [0, 0.1) is 5.92 Å².